The van der Waals surface area contributed by atoms with Crippen molar-refractivity contribution < 1.29 is 9.90 Å². The van der Waals surface area contributed by atoms with Crippen molar-refractivity contribution in [3.8, 4) is 0 Å². The molecule has 0 aromatic heterocycles. The fraction of sp³-hybridized carbons (Fsp3) is 0.235. The molecule has 0 aliphatic rings. The zero-order chi connectivity index (χ0) is 14.4. The molecule has 0 unspecified atom stereocenters. The molecule has 0 saturated heterocycles. The monoisotopic (exact) mass is 286 g/mol. The second-order valence-electron chi connectivity index (χ2n) is 4.63. The maximum Gasteiger partial charge on any atom is 0.317 e. The summed E-state index contributed by atoms with van der Waals surface area (Å²) < 4.78 is 0. The van der Waals surface area contributed by atoms with Crippen LogP contribution in [0.1, 0.15) is 18.1 Å². The molecule has 3 heteroatoms. The van der Waals surface area contributed by atoms with Gasteiger partial charge in [-0.1, -0.05) is 49.4 Å². The predicted molar refractivity (Wildman–Crippen MR) is 83.2 cm³/mol. The fourth-order valence-corrected chi connectivity index (χ4v) is 2.99. The molecule has 0 aliphatic carbocycles. The van der Waals surface area contributed by atoms with Gasteiger partial charge in [0.2, 0.25) is 0 Å². The van der Waals surface area contributed by atoms with E-state index in [0.29, 0.717) is 6.42 Å². The van der Waals surface area contributed by atoms with E-state index in [4.69, 9.17) is 0 Å². The Morgan fingerprint density at radius 2 is 1.65 bits per heavy atom. The maximum absolute atomic E-state index is 11.4. The minimum Gasteiger partial charge on any atom is -0.480 e. The van der Waals surface area contributed by atoms with Crippen LogP contribution in [0.25, 0.3) is 0 Å². The van der Waals surface area contributed by atoms with Crippen LogP contribution in [0.4, 0.5) is 0 Å². The molecular formula is C17H18O2S. The summed E-state index contributed by atoms with van der Waals surface area (Å²) in [6.07, 6.45) is 1.54. The molecule has 0 bridgehead atoms. The van der Waals surface area contributed by atoms with Crippen LogP contribution in [0.2, 0.25) is 0 Å². The van der Waals surface area contributed by atoms with Gasteiger partial charge >= 0.3 is 5.97 Å². The van der Waals surface area contributed by atoms with Gasteiger partial charge in [0.05, 0.1) is 0 Å². The number of carboxylic acids is 1. The zero-order valence-corrected chi connectivity index (χ0v) is 12.3. The van der Waals surface area contributed by atoms with E-state index in [1.54, 1.807) is 0 Å². The number of carbonyl (C=O) groups is 1. The number of thioether (sulfide) groups is 1. The number of carboxylic acid groups (broad SMARTS) is 1. The number of rotatable bonds is 6. The first-order valence-corrected chi connectivity index (χ1v) is 7.59. The molecule has 2 aromatic rings. The van der Waals surface area contributed by atoms with Gasteiger partial charge in [-0.2, -0.15) is 0 Å². The van der Waals surface area contributed by atoms with E-state index < -0.39 is 11.2 Å². The number of hydrogen-bond acceptors (Lipinski definition) is 2. The summed E-state index contributed by atoms with van der Waals surface area (Å²) in [5.74, 6) is -0.765. The van der Waals surface area contributed by atoms with Crippen molar-refractivity contribution in [2.75, 3.05) is 0 Å². The van der Waals surface area contributed by atoms with Crippen molar-refractivity contribution in [3.63, 3.8) is 0 Å². The summed E-state index contributed by atoms with van der Waals surface area (Å²) in [5.41, 5.74) is 2.34. The van der Waals surface area contributed by atoms with Crippen LogP contribution in [-0.2, 0) is 17.6 Å². The Labute approximate surface area is 123 Å². The molecular weight excluding hydrogens is 268 g/mol. The number of hydrogen-bond donors (Lipinski definition) is 1. The molecule has 2 rings (SSSR count). The second kappa shape index (κ2) is 7.15. The fourth-order valence-electron chi connectivity index (χ4n) is 1.97. The van der Waals surface area contributed by atoms with Gasteiger partial charge < -0.3 is 5.11 Å². The van der Waals surface area contributed by atoms with Crippen LogP contribution >= 0.6 is 11.8 Å². The van der Waals surface area contributed by atoms with E-state index in [9.17, 15) is 9.90 Å². The summed E-state index contributed by atoms with van der Waals surface area (Å²) in [5, 5.41) is 8.92. The van der Waals surface area contributed by atoms with E-state index >= 15 is 0 Å². The molecule has 0 saturated carbocycles. The first kappa shape index (κ1) is 14.7. The highest BCUT2D eigenvalue weighted by molar-refractivity contribution is 8.00. The lowest BCUT2D eigenvalue weighted by Crippen LogP contribution is -2.19. The van der Waals surface area contributed by atoms with Crippen molar-refractivity contribution >= 4 is 17.7 Å². The van der Waals surface area contributed by atoms with Crippen molar-refractivity contribution in [2.24, 2.45) is 0 Å². The lowest BCUT2D eigenvalue weighted by Gasteiger charge is -2.12. The van der Waals surface area contributed by atoms with Crippen molar-refractivity contribution in [1.82, 2.24) is 0 Å². The predicted octanol–water partition coefficient (Wildman–Crippen LogP) is 4.04. The van der Waals surface area contributed by atoms with Gasteiger partial charge in [0.25, 0.3) is 0 Å². The minimum atomic E-state index is -0.765. The molecule has 0 heterocycles. The molecule has 0 spiro atoms. The Morgan fingerprint density at radius 1 is 1.05 bits per heavy atom. The van der Waals surface area contributed by atoms with E-state index in [1.807, 2.05) is 42.5 Å². The third-order valence-corrected chi connectivity index (χ3v) is 4.35. The third kappa shape index (κ3) is 4.14. The summed E-state index contributed by atoms with van der Waals surface area (Å²) in [4.78, 5) is 12.4. The molecule has 0 amide bonds. The van der Waals surface area contributed by atoms with Gasteiger partial charge in [0.15, 0.2) is 0 Å². The zero-order valence-electron chi connectivity index (χ0n) is 11.5. The summed E-state index contributed by atoms with van der Waals surface area (Å²) >= 11 is 1.40. The second-order valence-corrected chi connectivity index (χ2v) is 5.91. The molecule has 2 nitrogen and oxygen atoms in total. The smallest absolute Gasteiger partial charge is 0.317 e. The lowest BCUT2D eigenvalue weighted by atomic mass is 10.1. The Bertz CT molecular complexity index is 549. The average molecular weight is 286 g/mol. The van der Waals surface area contributed by atoms with Gasteiger partial charge in [0, 0.05) is 4.90 Å². The Kier molecular flexibility index (Phi) is 5.24. The summed E-state index contributed by atoms with van der Waals surface area (Å²) in [6.45, 7) is 2.11. The van der Waals surface area contributed by atoms with Crippen LogP contribution in [-0.4, -0.2) is 16.3 Å². The molecule has 0 radical (unpaired) electrons. The van der Waals surface area contributed by atoms with Gasteiger partial charge in [-0.15, -0.1) is 11.8 Å². The van der Waals surface area contributed by atoms with Gasteiger partial charge in [0.1, 0.15) is 5.25 Å². The van der Waals surface area contributed by atoms with Crippen molar-refractivity contribution in [3.05, 3.63) is 65.7 Å². The average Bonchev–Trinajstić information content (AvgIpc) is 2.48. The number of benzene rings is 2. The topological polar surface area (TPSA) is 37.3 Å². The Hall–Kier alpha value is -1.74. The molecule has 1 atom stereocenters. The maximum atomic E-state index is 11.4. The van der Waals surface area contributed by atoms with E-state index in [-0.39, 0.29) is 0 Å². The largest absolute Gasteiger partial charge is 0.480 e. The highest BCUT2D eigenvalue weighted by Crippen LogP contribution is 2.26. The van der Waals surface area contributed by atoms with Gasteiger partial charge in [-0.05, 0) is 36.1 Å². The SMILES string of the molecule is CCc1ccc(C[C@H](Sc2ccccc2)C(=O)O)cc1. The highest BCUT2D eigenvalue weighted by Gasteiger charge is 2.19. The molecule has 0 aliphatic heterocycles. The van der Waals surface area contributed by atoms with Gasteiger partial charge in [-0.3, -0.25) is 4.79 Å². The first-order valence-electron chi connectivity index (χ1n) is 6.71. The van der Waals surface area contributed by atoms with E-state index in [0.717, 1.165) is 16.9 Å². The number of aryl methyl sites for hydroxylation is 1. The van der Waals surface area contributed by atoms with Crippen LogP contribution < -0.4 is 0 Å². The molecule has 0 fully saturated rings. The molecule has 1 N–H and O–H groups in total. The standard InChI is InChI=1S/C17H18O2S/c1-2-13-8-10-14(11-9-13)12-16(17(18)19)20-15-6-4-3-5-7-15/h3-11,16H,2,12H2,1H3,(H,18,19)/t16-/m0/s1. The highest BCUT2D eigenvalue weighted by atomic mass is 32.2. The molecule has 2 aromatic carbocycles. The third-order valence-electron chi connectivity index (χ3n) is 3.15. The Balaban J connectivity index is 2.07. The summed E-state index contributed by atoms with van der Waals surface area (Å²) in [6, 6.07) is 17.9. The quantitative estimate of drug-likeness (QED) is 0.814. The van der Waals surface area contributed by atoms with Crippen LogP contribution in [0, 0.1) is 0 Å². The van der Waals surface area contributed by atoms with Crippen LogP contribution in [0.3, 0.4) is 0 Å². The molecule has 104 valence electrons. The van der Waals surface area contributed by atoms with Crippen molar-refractivity contribution in [2.45, 2.75) is 29.9 Å². The molecule has 20 heavy (non-hydrogen) atoms. The normalized spacial score (nSPS) is 12.1. The van der Waals surface area contributed by atoms with Crippen molar-refractivity contribution in [1.29, 1.82) is 0 Å². The van der Waals surface area contributed by atoms with E-state index in [1.165, 1.54) is 17.3 Å². The number of aliphatic carboxylic acids is 1. The van der Waals surface area contributed by atoms with E-state index in [2.05, 4.69) is 19.1 Å². The Morgan fingerprint density at radius 3 is 2.20 bits per heavy atom. The minimum absolute atomic E-state index is 0.454. The van der Waals surface area contributed by atoms with Crippen LogP contribution in [0.5, 0.6) is 0 Å². The van der Waals surface area contributed by atoms with Crippen LogP contribution in [0.15, 0.2) is 59.5 Å². The lowest BCUT2D eigenvalue weighted by molar-refractivity contribution is -0.136. The summed E-state index contributed by atoms with van der Waals surface area (Å²) in [7, 11) is 0. The van der Waals surface area contributed by atoms with Gasteiger partial charge in [-0.25, -0.2) is 0 Å². The first-order chi connectivity index (χ1) is 9.69.